The van der Waals surface area contributed by atoms with Crippen LogP contribution >= 0.6 is 0 Å². The Labute approximate surface area is 72.2 Å². The average Bonchev–Trinajstić information content (AvgIpc) is 2.09. The molecule has 0 aliphatic rings. The molecule has 0 unspecified atom stereocenters. The Hall–Kier alpha value is -0.890. The van der Waals surface area contributed by atoms with Gasteiger partial charge in [0, 0.05) is 12.7 Å². The van der Waals surface area contributed by atoms with Crippen LogP contribution in [-0.2, 0) is 17.8 Å². The molecule has 0 fully saturated rings. The maximum Gasteiger partial charge on any atom is 0.128 e. The van der Waals surface area contributed by atoms with Crippen LogP contribution in [0.15, 0.2) is 18.2 Å². The topological polar surface area (TPSA) is 9.23 Å². The average molecular weight is 168 g/mol. The smallest absolute Gasteiger partial charge is 0.128 e. The minimum Gasteiger partial charge on any atom is -0.380 e. The summed E-state index contributed by atoms with van der Waals surface area (Å²) in [6, 6.07) is 5.27. The molecule has 1 aromatic rings. The number of methoxy groups -OCH3 is 1. The summed E-state index contributed by atoms with van der Waals surface area (Å²) < 4.78 is 18.0. The van der Waals surface area contributed by atoms with Crippen LogP contribution in [0.25, 0.3) is 0 Å². The summed E-state index contributed by atoms with van der Waals surface area (Å²) in [7, 11) is 1.56. The number of ether oxygens (including phenoxy) is 1. The number of benzene rings is 1. The minimum absolute atomic E-state index is 0.170. The van der Waals surface area contributed by atoms with Crippen LogP contribution in [0.2, 0.25) is 0 Å². The summed E-state index contributed by atoms with van der Waals surface area (Å²) in [4.78, 5) is 0. The Morgan fingerprint density at radius 1 is 1.42 bits per heavy atom. The molecule has 0 saturated heterocycles. The third-order valence-corrected chi connectivity index (χ3v) is 1.83. The second-order valence-corrected chi connectivity index (χ2v) is 2.71. The van der Waals surface area contributed by atoms with Crippen LogP contribution < -0.4 is 0 Å². The molecule has 0 atom stereocenters. The highest BCUT2D eigenvalue weighted by molar-refractivity contribution is 5.23. The van der Waals surface area contributed by atoms with E-state index in [0.29, 0.717) is 12.2 Å². The normalized spacial score (nSPS) is 10.2. The maximum absolute atomic E-state index is 13.1. The fraction of sp³-hybridized carbons (Fsp3) is 0.400. The molecule has 0 radical (unpaired) electrons. The van der Waals surface area contributed by atoms with E-state index in [1.54, 1.807) is 19.2 Å². The van der Waals surface area contributed by atoms with Gasteiger partial charge in [0.1, 0.15) is 5.82 Å². The maximum atomic E-state index is 13.1. The molecule has 1 aromatic carbocycles. The van der Waals surface area contributed by atoms with Gasteiger partial charge in [-0.3, -0.25) is 0 Å². The number of halogens is 1. The van der Waals surface area contributed by atoms with Gasteiger partial charge in [0.05, 0.1) is 6.61 Å². The highest BCUT2D eigenvalue weighted by Crippen LogP contribution is 2.11. The summed E-state index contributed by atoms with van der Waals surface area (Å²) in [5, 5.41) is 0. The number of hydrogen-bond acceptors (Lipinski definition) is 1. The molecule has 0 aliphatic heterocycles. The van der Waals surface area contributed by atoms with Gasteiger partial charge in [-0.2, -0.15) is 0 Å². The molecular formula is C10H13FO. The molecule has 0 heterocycles. The Kier molecular flexibility index (Phi) is 3.23. The molecule has 0 amide bonds. The number of hydrogen-bond donors (Lipinski definition) is 0. The van der Waals surface area contributed by atoms with E-state index in [9.17, 15) is 4.39 Å². The summed E-state index contributed by atoms with van der Waals surface area (Å²) in [5.41, 5.74) is 1.64. The zero-order chi connectivity index (χ0) is 8.97. The van der Waals surface area contributed by atoms with Crippen molar-refractivity contribution in [3.05, 3.63) is 35.1 Å². The molecular weight excluding hydrogens is 155 g/mol. The fourth-order valence-corrected chi connectivity index (χ4v) is 1.08. The van der Waals surface area contributed by atoms with Crippen LogP contribution in [0.5, 0.6) is 0 Å². The van der Waals surface area contributed by atoms with Crippen molar-refractivity contribution in [2.45, 2.75) is 20.0 Å². The van der Waals surface area contributed by atoms with Crippen molar-refractivity contribution in [1.29, 1.82) is 0 Å². The van der Waals surface area contributed by atoms with E-state index in [1.807, 2.05) is 13.0 Å². The van der Waals surface area contributed by atoms with Crippen molar-refractivity contribution < 1.29 is 9.13 Å². The Morgan fingerprint density at radius 3 is 2.67 bits per heavy atom. The van der Waals surface area contributed by atoms with Gasteiger partial charge in [-0.25, -0.2) is 4.39 Å². The van der Waals surface area contributed by atoms with Gasteiger partial charge in [0.25, 0.3) is 0 Å². The first-order valence-electron chi connectivity index (χ1n) is 4.04. The second kappa shape index (κ2) is 4.21. The molecule has 1 nitrogen and oxygen atoms in total. The van der Waals surface area contributed by atoms with E-state index < -0.39 is 0 Å². The highest BCUT2D eigenvalue weighted by Gasteiger charge is 2.01. The predicted octanol–water partition coefficient (Wildman–Crippen LogP) is 2.53. The first kappa shape index (κ1) is 9.20. The van der Waals surface area contributed by atoms with Gasteiger partial charge in [0.15, 0.2) is 0 Å². The summed E-state index contributed by atoms with van der Waals surface area (Å²) in [6.07, 6.45) is 0.865. The zero-order valence-corrected chi connectivity index (χ0v) is 7.43. The fourth-order valence-electron chi connectivity index (χ4n) is 1.08. The standard InChI is InChI=1S/C10H13FO/c1-3-8-4-5-9(7-12-2)10(11)6-8/h4-6H,3,7H2,1-2H3. The van der Waals surface area contributed by atoms with Crippen LogP contribution in [0, 0.1) is 5.82 Å². The van der Waals surface area contributed by atoms with Crippen LogP contribution in [0.1, 0.15) is 18.1 Å². The summed E-state index contributed by atoms with van der Waals surface area (Å²) in [5.74, 6) is -0.170. The van der Waals surface area contributed by atoms with Crippen molar-refractivity contribution in [2.75, 3.05) is 7.11 Å². The Morgan fingerprint density at radius 2 is 2.17 bits per heavy atom. The molecule has 0 spiro atoms. The van der Waals surface area contributed by atoms with E-state index in [1.165, 1.54) is 0 Å². The van der Waals surface area contributed by atoms with E-state index in [2.05, 4.69) is 0 Å². The SMILES string of the molecule is CCc1ccc(COC)c(F)c1. The monoisotopic (exact) mass is 168 g/mol. The third kappa shape index (κ3) is 2.05. The van der Waals surface area contributed by atoms with Crippen molar-refractivity contribution in [3.63, 3.8) is 0 Å². The first-order chi connectivity index (χ1) is 5.77. The zero-order valence-electron chi connectivity index (χ0n) is 7.43. The van der Waals surface area contributed by atoms with Crippen molar-refractivity contribution in [2.24, 2.45) is 0 Å². The molecule has 0 aromatic heterocycles. The van der Waals surface area contributed by atoms with Gasteiger partial charge in [0.2, 0.25) is 0 Å². The molecule has 1 rings (SSSR count). The third-order valence-electron chi connectivity index (χ3n) is 1.83. The quantitative estimate of drug-likeness (QED) is 0.674. The van der Waals surface area contributed by atoms with Crippen molar-refractivity contribution in [3.8, 4) is 0 Å². The lowest BCUT2D eigenvalue weighted by atomic mass is 10.1. The van der Waals surface area contributed by atoms with Gasteiger partial charge >= 0.3 is 0 Å². The van der Waals surface area contributed by atoms with E-state index in [0.717, 1.165) is 12.0 Å². The van der Waals surface area contributed by atoms with E-state index >= 15 is 0 Å². The van der Waals surface area contributed by atoms with Crippen molar-refractivity contribution in [1.82, 2.24) is 0 Å². The molecule has 0 saturated carbocycles. The predicted molar refractivity (Wildman–Crippen MR) is 46.5 cm³/mol. The minimum atomic E-state index is -0.170. The van der Waals surface area contributed by atoms with Crippen LogP contribution in [0.4, 0.5) is 4.39 Å². The van der Waals surface area contributed by atoms with E-state index in [4.69, 9.17) is 4.74 Å². The van der Waals surface area contributed by atoms with Gasteiger partial charge in [-0.15, -0.1) is 0 Å². The van der Waals surface area contributed by atoms with Gasteiger partial charge in [-0.05, 0) is 18.1 Å². The first-order valence-corrected chi connectivity index (χ1v) is 4.04. The largest absolute Gasteiger partial charge is 0.380 e. The lowest BCUT2D eigenvalue weighted by Gasteiger charge is -2.03. The second-order valence-electron chi connectivity index (χ2n) is 2.71. The van der Waals surface area contributed by atoms with Crippen LogP contribution in [0.3, 0.4) is 0 Å². The highest BCUT2D eigenvalue weighted by atomic mass is 19.1. The van der Waals surface area contributed by atoms with E-state index in [-0.39, 0.29) is 5.82 Å². The molecule has 0 bridgehead atoms. The van der Waals surface area contributed by atoms with Crippen molar-refractivity contribution >= 4 is 0 Å². The molecule has 2 heteroatoms. The lowest BCUT2D eigenvalue weighted by molar-refractivity contribution is 0.181. The molecule has 12 heavy (non-hydrogen) atoms. The van der Waals surface area contributed by atoms with Crippen LogP contribution in [-0.4, -0.2) is 7.11 Å². The number of rotatable bonds is 3. The van der Waals surface area contributed by atoms with Gasteiger partial charge in [-0.1, -0.05) is 19.1 Å². The molecule has 0 N–H and O–H groups in total. The summed E-state index contributed by atoms with van der Waals surface area (Å²) >= 11 is 0. The van der Waals surface area contributed by atoms with Gasteiger partial charge < -0.3 is 4.74 Å². The molecule has 0 aliphatic carbocycles. The molecule has 66 valence electrons. The Balaban J connectivity index is 2.87. The summed E-state index contributed by atoms with van der Waals surface area (Å²) in [6.45, 7) is 2.35. The number of aryl methyl sites for hydroxylation is 1. The lowest BCUT2D eigenvalue weighted by Crippen LogP contribution is -1.93. The Bertz CT molecular complexity index is 258.